The molecule has 0 heterocycles. The van der Waals surface area contributed by atoms with Gasteiger partial charge in [-0.15, -0.1) is 0 Å². The Labute approximate surface area is 144 Å². The van der Waals surface area contributed by atoms with Crippen molar-refractivity contribution in [3.05, 3.63) is 60.2 Å². The monoisotopic (exact) mass is 328 g/mol. The Bertz CT molecular complexity index is 630. The number of nitrogens with zero attached hydrogens (tertiary/aromatic N) is 1. The molecule has 122 valence electrons. The van der Waals surface area contributed by atoms with Crippen LogP contribution in [0.15, 0.2) is 54.6 Å². The Morgan fingerprint density at radius 1 is 1.17 bits per heavy atom. The molecule has 0 spiro atoms. The third kappa shape index (κ3) is 4.70. The molecule has 2 aromatic carbocycles. The molecule has 0 saturated heterocycles. The van der Waals surface area contributed by atoms with E-state index in [1.807, 2.05) is 49.5 Å². The molecule has 23 heavy (non-hydrogen) atoms. The van der Waals surface area contributed by atoms with E-state index in [1.54, 1.807) is 7.11 Å². The number of hydrogen-bond donors (Lipinski definition) is 1. The van der Waals surface area contributed by atoms with Crippen molar-refractivity contribution in [2.45, 2.75) is 25.8 Å². The molecule has 0 aliphatic heterocycles. The lowest BCUT2D eigenvalue weighted by Crippen LogP contribution is -2.34. The van der Waals surface area contributed by atoms with Gasteiger partial charge < -0.3 is 15.0 Å². The minimum absolute atomic E-state index is 0.221. The average molecular weight is 328 g/mol. The minimum atomic E-state index is 0.221. The second kappa shape index (κ2) is 8.53. The summed E-state index contributed by atoms with van der Waals surface area (Å²) in [7, 11) is 3.73. The first kappa shape index (κ1) is 17.3. The molecule has 0 radical (unpaired) electrons. The molecule has 1 N–H and O–H groups in total. The topological polar surface area (TPSA) is 24.5 Å². The summed E-state index contributed by atoms with van der Waals surface area (Å²) in [4.78, 5) is 2.13. The highest BCUT2D eigenvalue weighted by Gasteiger charge is 2.19. The van der Waals surface area contributed by atoms with E-state index in [0.717, 1.165) is 29.4 Å². The van der Waals surface area contributed by atoms with Gasteiger partial charge in [0.25, 0.3) is 0 Å². The molecule has 1 unspecified atom stereocenters. The number of anilines is 1. The summed E-state index contributed by atoms with van der Waals surface area (Å²) in [6.45, 7) is 2.19. The van der Waals surface area contributed by atoms with Gasteiger partial charge in [0.05, 0.1) is 13.2 Å². The number of methoxy groups -OCH3 is 1. The fourth-order valence-electron chi connectivity index (χ4n) is 2.58. The molecule has 0 aromatic heterocycles. The predicted molar refractivity (Wildman–Crippen MR) is 101 cm³/mol. The molecule has 0 aliphatic carbocycles. The van der Waals surface area contributed by atoms with Crippen molar-refractivity contribution in [2.24, 2.45) is 0 Å². The van der Waals surface area contributed by atoms with E-state index >= 15 is 0 Å². The molecule has 0 bridgehead atoms. The average Bonchev–Trinajstić information content (AvgIpc) is 2.60. The molecule has 3 nitrogen and oxygen atoms in total. The minimum Gasteiger partial charge on any atom is -0.497 e. The van der Waals surface area contributed by atoms with E-state index in [0.29, 0.717) is 0 Å². The number of thiocarbonyl (C=S) groups is 1. The van der Waals surface area contributed by atoms with E-state index in [1.165, 1.54) is 5.56 Å². The standard InChI is InChI=1S/C19H24N2OS/c1-4-9-18(15-10-8-13-17(14-15)22-3)21(2)19(23)20-16-11-6-5-7-12-16/h5-8,10-14,18H,4,9H2,1-3H3,(H,20,23). The van der Waals surface area contributed by atoms with Gasteiger partial charge in [0.1, 0.15) is 5.75 Å². The van der Waals surface area contributed by atoms with E-state index in [4.69, 9.17) is 17.0 Å². The maximum Gasteiger partial charge on any atom is 0.173 e. The summed E-state index contributed by atoms with van der Waals surface area (Å²) in [5.41, 5.74) is 2.22. The van der Waals surface area contributed by atoms with E-state index in [-0.39, 0.29) is 6.04 Å². The van der Waals surface area contributed by atoms with Crippen LogP contribution in [0.4, 0.5) is 5.69 Å². The van der Waals surface area contributed by atoms with Crippen LogP contribution in [0, 0.1) is 0 Å². The van der Waals surface area contributed by atoms with Gasteiger partial charge in [0.2, 0.25) is 0 Å². The van der Waals surface area contributed by atoms with Gasteiger partial charge in [-0.2, -0.15) is 0 Å². The van der Waals surface area contributed by atoms with Crippen LogP contribution in [-0.2, 0) is 0 Å². The Kier molecular flexibility index (Phi) is 6.41. The molecule has 2 aromatic rings. The third-order valence-corrected chi connectivity index (χ3v) is 4.24. The zero-order chi connectivity index (χ0) is 16.7. The molecular formula is C19H24N2OS. The first-order valence-corrected chi connectivity index (χ1v) is 8.29. The highest BCUT2D eigenvalue weighted by molar-refractivity contribution is 7.80. The summed E-state index contributed by atoms with van der Waals surface area (Å²) < 4.78 is 5.35. The van der Waals surface area contributed by atoms with Crippen LogP contribution in [0.5, 0.6) is 5.75 Å². The van der Waals surface area contributed by atoms with Crippen molar-refractivity contribution in [2.75, 3.05) is 19.5 Å². The number of hydrogen-bond acceptors (Lipinski definition) is 2. The smallest absolute Gasteiger partial charge is 0.173 e. The summed E-state index contributed by atoms with van der Waals surface area (Å²) in [5, 5.41) is 4.02. The molecular weight excluding hydrogens is 304 g/mol. The highest BCUT2D eigenvalue weighted by atomic mass is 32.1. The fraction of sp³-hybridized carbons (Fsp3) is 0.316. The van der Waals surface area contributed by atoms with Crippen LogP contribution in [0.3, 0.4) is 0 Å². The Morgan fingerprint density at radius 2 is 1.91 bits per heavy atom. The summed E-state index contributed by atoms with van der Waals surface area (Å²) in [6, 6.07) is 18.4. The van der Waals surface area contributed by atoms with Crippen LogP contribution in [-0.4, -0.2) is 24.2 Å². The number of nitrogens with one attached hydrogen (secondary N) is 1. The van der Waals surface area contributed by atoms with Crippen LogP contribution in [0.25, 0.3) is 0 Å². The second-order valence-electron chi connectivity index (χ2n) is 5.49. The highest BCUT2D eigenvalue weighted by Crippen LogP contribution is 2.28. The van der Waals surface area contributed by atoms with Gasteiger partial charge in [0, 0.05) is 12.7 Å². The maximum atomic E-state index is 5.59. The van der Waals surface area contributed by atoms with E-state index in [2.05, 4.69) is 29.3 Å². The van der Waals surface area contributed by atoms with Gasteiger partial charge in [-0.3, -0.25) is 0 Å². The quantitative estimate of drug-likeness (QED) is 0.765. The van der Waals surface area contributed by atoms with Gasteiger partial charge in [0.15, 0.2) is 5.11 Å². The Hall–Kier alpha value is -2.07. The SMILES string of the molecule is CCCC(c1cccc(OC)c1)N(C)C(=S)Nc1ccccc1. The zero-order valence-electron chi connectivity index (χ0n) is 14.0. The van der Waals surface area contributed by atoms with Gasteiger partial charge >= 0.3 is 0 Å². The lowest BCUT2D eigenvalue weighted by atomic mass is 10.0. The van der Waals surface area contributed by atoms with Crippen LogP contribution in [0.1, 0.15) is 31.4 Å². The summed E-state index contributed by atoms with van der Waals surface area (Å²) >= 11 is 5.59. The normalized spacial score (nSPS) is 11.6. The molecule has 0 aliphatic rings. The first-order chi connectivity index (χ1) is 11.2. The Morgan fingerprint density at radius 3 is 2.57 bits per heavy atom. The lowest BCUT2D eigenvalue weighted by molar-refractivity contribution is 0.353. The summed E-state index contributed by atoms with van der Waals surface area (Å²) in [5.74, 6) is 0.874. The molecule has 0 fully saturated rings. The van der Waals surface area contributed by atoms with Crippen molar-refractivity contribution in [1.29, 1.82) is 0 Å². The maximum absolute atomic E-state index is 5.59. The van der Waals surface area contributed by atoms with Crippen LogP contribution in [0.2, 0.25) is 0 Å². The van der Waals surface area contributed by atoms with Crippen molar-refractivity contribution in [1.82, 2.24) is 4.90 Å². The first-order valence-electron chi connectivity index (χ1n) is 7.88. The zero-order valence-corrected chi connectivity index (χ0v) is 14.8. The van der Waals surface area contributed by atoms with E-state index < -0.39 is 0 Å². The Balaban J connectivity index is 2.16. The van der Waals surface area contributed by atoms with Gasteiger partial charge in [-0.1, -0.05) is 43.7 Å². The lowest BCUT2D eigenvalue weighted by Gasteiger charge is -2.31. The molecule has 0 amide bonds. The fourth-order valence-corrected chi connectivity index (χ4v) is 2.83. The van der Waals surface area contributed by atoms with E-state index in [9.17, 15) is 0 Å². The number of benzene rings is 2. The van der Waals surface area contributed by atoms with Crippen molar-refractivity contribution in [3.8, 4) is 5.75 Å². The van der Waals surface area contributed by atoms with Crippen molar-refractivity contribution >= 4 is 23.0 Å². The van der Waals surface area contributed by atoms with Gasteiger partial charge in [-0.25, -0.2) is 0 Å². The second-order valence-corrected chi connectivity index (χ2v) is 5.87. The molecule has 1 atom stereocenters. The molecule has 4 heteroatoms. The largest absolute Gasteiger partial charge is 0.497 e. The third-order valence-electron chi connectivity index (χ3n) is 3.85. The van der Waals surface area contributed by atoms with Crippen molar-refractivity contribution < 1.29 is 4.74 Å². The molecule has 0 saturated carbocycles. The predicted octanol–water partition coefficient (Wildman–Crippen LogP) is 4.87. The van der Waals surface area contributed by atoms with Crippen molar-refractivity contribution in [3.63, 3.8) is 0 Å². The van der Waals surface area contributed by atoms with Crippen LogP contribution >= 0.6 is 12.2 Å². The number of rotatable bonds is 6. The number of ether oxygens (including phenoxy) is 1. The number of para-hydroxylation sites is 1. The summed E-state index contributed by atoms with van der Waals surface area (Å²) in [6.07, 6.45) is 2.11. The molecule has 2 rings (SSSR count). The van der Waals surface area contributed by atoms with Gasteiger partial charge in [-0.05, 0) is 48.5 Å². The van der Waals surface area contributed by atoms with Crippen LogP contribution < -0.4 is 10.1 Å².